The van der Waals surface area contributed by atoms with Crippen LogP contribution in [0.25, 0.3) is 0 Å². The van der Waals surface area contributed by atoms with Gasteiger partial charge in [0.2, 0.25) is 0 Å². The maximum atomic E-state index is 9.96. The van der Waals surface area contributed by atoms with E-state index in [4.69, 9.17) is 10.2 Å². The summed E-state index contributed by atoms with van der Waals surface area (Å²) in [5.41, 5.74) is 0. The molecule has 0 fully saturated rings. The standard InChI is InChI=1S/C7H13NO3/c1-6(3-5-9)8-4-2-7(10)11/h2,4,6,8-9H,3,5H2,1H3,(H,10,11)/b4-2+. The molecule has 0 spiro atoms. The van der Waals surface area contributed by atoms with Crippen LogP contribution in [0.5, 0.6) is 0 Å². The van der Waals surface area contributed by atoms with E-state index in [1.54, 1.807) is 0 Å². The Hall–Kier alpha value is -1.03. The minimum atomic E-state index is -0.978. The van der Waals surface area contributed by atoms with Crippen LogP contribution in [0, 0.1) is 0 Å². The molecular weight excluding hydrogens is 146 g/mol. The molecule has 4 heteroatoms. The molecule has 1 unspecified atom stereocenters. The topological polar surface area (TPSA) is 69.6 Å². The molecule has 0 aliphatic rings. The monoisotopic (exact) mass is 159 g/mol. The van der Waals surface area contributed by atoms with E-state index in [0.717, 1.165) is 6.08 Å². The molecule has 0 bridgehead atoms. The molecule has 0 aromatic rings. The molecular formula is C7H13NO3. The van der Waals surface area contributed by atoms with Gasteiger partial charge in [-0.25, -0.2) is 4.79 Å². The van der Waals surface area contributed by atoms with Crippen molar-refractivity contribution < 1.29 is 15.0 Å². The van der Waals surface area contributed by atoms with Gasteiger partial charge < -0.3 is 15.5 Å². The van der Waals surface area contributed by atoms with Crippen molar-refractivity contribution in [3.63, 3.8) is 0 Å². The molecule has 0 saturated carbocycles. The lowest BCUT2D eigenvalue weighted by atomic mass is 10.2. The number of carbonyl (C=O) groups is 1. The summed E-state index contributed by atoms with van der Waals surface area (Å²) in [6.45, 7) is 1.97. The summed E-state index contributed by atoms with van der Waals surface area (Å²) in [6.07, 6.45) is 3.00. The largest absolute Gasteiger partial charge is 0.478 e. The molecule has 0 aromatic carbocycles. The molecule has 4 nitrogen and oxygen atoms in total. The Morgan fingerprint density at radius 2 is 2.36 bits per heavy atom. The second-order valence-corrected chi connectivity index (χ2v) is 2.25. The van der Waals surface area contributed by atoms with Gasteiger partial charge in [-0.2, -0.15) is 0 Å². The van der Waals surface area contributed by atoms with Crippen LogP contribution in [0.2, 0.25) is 0 Å². The first-order valence-corrected chi connectivity index (χ1v) is 3.43. The van der Waals surface area contributed by atoms with E-state index in [2.05, 4.69) is 5.32 Å². The number of aliphatic hydroxyl groups excluding tert-OH is 1. The summed E-state index contributed by atoms with van der Waals surface area (Å²) in [5, 5.41) is 19.4. The van der Waals surface area contributed by atoms with Crippen LogP contribution in [-0.2, 0) is 4.79 Å². The lowest BCUT2D eigenvalue weighted by Crippen LogP contribution is -2.21. The van der Waals surface area contributed by atoms with Crippen molar-refractivity contribution in [1.29, 1.82) is 0 Å². The van der Waals surface area contributed by atoms with E-state index >= 15 is 0 Å². The van der Waals surface area contributed by atoms with Crippen molar-refractivity contribution in [1.82, 2.24) is 5.32 Å². The molecule has 0 aliphatic carbocycles. The van der Waals surface area contributed by atoms with E-state index in [9.17, 15) is 4.79 Å². The van der Waals surface area contributed by atoms with Gasteiger partial charge in [0.15, 0.2) is 0 Å². The SMILES string of the molecule is CC(CCO)N/C=C/C(=O)O. The van der Waals surface area contributed by atoms with Gasteiger partial charge in [0.25, 0.3) is 0 Å². The second-order valence-electron chi connectivity index (χ2n) is 2.25. The van der Waals surface area contributed by atoms with E-state index in [0.29, 0.717) is 6.42 Å². The summed E-state index contributed by atoms with van der Waals surface area (Å²) in [4.78, 5) is 9.96. The van der Waals surface area contributed by atoms with Gasteiger partial charge in [-0.15, -0.1) is 0 Å². The minimum absolute atomic E-state index is 0.106. The van der Waals surface area contributed by atoms with Gasteiger partial charge in [0, 0.05) is 24.9 Å². The second kappa shape index (κ2) is 5.73. The molecule has 3 N–H and O–H groups in total. The van der Waals surface area contributed by atoms with Crippen LogP contribution in [0.1, 0.15) is 13.3 Å². The quantitative estimate of drug-likeness (QED) is 0.492. The molecule has 0 saturated heterocycles. The molecule has 0 radical (unpaired) electrons. The fourth-order valence-electron chi connectivity index (χ4n) is 0.561. The molecule has 0 aliphatic heterocycles. The summed E-state index contributed by atoms with van der Waals surface area (Å²) in [6, 6.07) is 0.107. The van der Waals surface area contributed by atoms with Crippen molar-refractivity contribution in [2.75, 3.05) is 6.61 Å². The molecule has 0 rings (SSSR count). The summed E-state index contributed by atoms with van der Waals surface area (Å²) in [5.74, 6) is -0.978. The number of rotatable bonds is 5. The van der Waals surface area contributed by atoms with Gasteiger partial charge in [-0.1, -0.05) is 0 Å². The van der Waals surface area contributed by atoms with Crippen molar-refractivity contribution in [3.05, 3.63) is 12.3 Å². The first-order chi connectivity index (χ1) is 5.16. The Morgan fingerprint density at radius 3 is 2.82 bits per heavy atom. The van der Waals surface area contributed by atoms with Crippen LogP contribution < -0.4 is 5.32 Å². The summed E-state index contributed by atoms with van der Waals surface area (Å²) >= 11 is 0. The number of carboxylic acids is 1. The fraction of sp³-hybridized carbons (Fsp3) is 0.571. The number of hydrogen-bond donors (Lipinski definition) is 3. The Morgan fingerprint density at radius 1 is 1.73 bits per heavy atom. The van der Waals surface area contributed by atoms with E-state index in [1.165, 1.54) is 6.20 Å². The lowest BCUT2D eigenvalue weighted by Gasteiger charge is -2.07. The molecule has 0 amide bonds. The van der Waals surface area contributed by atoms with E-state index in [1.807, 2.05) is 6.92 Å². The van der Waals surface area contributed by atoms with Gasteiger partial charge in [-0.05, 0) is 13.3 Å². The number of aliphatic carboxylic acids is 1. The van der Waals surface area contributed by atoms with Gasteiger partial charge >= 0.3 is 5.97 Å². The highest BCUT2D eigenvalue weighted by Gasteiger charge is 1.95. The Balaban J connectivity index is 3.44. The zero-order chi connectivity index (χ0) is 8.69. The number of aliphatic hydroxyl groups is 1. The number of nitrogens with one attached hydrogen (secondary N) is 1. The normalized spacial score (nSPS) is 13.3. The third kappa shape index (κ3) is 6.86. The van der Waals surface area contributed by atoms with E-state index < -0.39 is 5.97 Å². The zero-order valence-electron chi connectivity index (χ0n) is 6.45. The molecule has 1 atom stereocenters. The van der Waals surface area contributed by atoms with Gasteiger partial charge in [-0.3, -0.25) is 0 Å². The predicted octanol–water partition coefficient (Wildman–Crippen LogP) is -0.0548. The number of hydrogen-bond acceptors (Lipinski definition) is 3. The number of carboxylic acid groups (broad SMARTS) is 1. The van der Waals surface area contributed by atoms with Crippen molar-refractivity contribution >= 4 is 5.97 Å². The van der Waals surface area contributed by atoms with Gasteiger partial charge in [0.1, 0.15) is 0 Å². The average molecular weight is 159 g/mol. The summed E-state index contributed by atoms with van der Waals surface area (Å²) < 4.78 is 0. The van der Waals surface area contributed by atoms with E-state index in [-0.39, 0.29) is 12.6 Å². The van der Waals surface area contributed by atoms with Crippen LogP contribution in [-0.4, -0.2) is 28.8 Å². The minimum Gasteiger partial charge on any atom is -0.478 e. The highest BCUT2D eigenvalue weighted by atomic mass is 16.4. The summed E-state index contributed by atoms with van der Waals surface area (Å²) in [7, 11) is 0. The smallest absolute Gasteiger partial charge is 0.329 e. The molecule has 0 heterocycles. The fourth-order valence-corrected chi connectivity index (χ4v) is 0.561. The first-order valence-electron chi connectivity index (χ1n) is 3.43. The zero-order valence-corrected chi connectivity index (χ0v) is 6.45. The predicted molar refractivity (Wildman–Crippen MR) is 41.1 cm³/mol. The van der Waals surface area contributed by atoms with Crippen molar-refractivity contribution in [2.45, 2.75) is 19.4 Å². The maximum absolute atomic E-state index is 9.96. The maximum Gasteiger partial charge on any atom is 0.329 e. The van der Waals surface area contributed by atoms with Gasteiger partial charge in [0.05, 0.1) is 0 Å². The van der Waals surface area contributed by atoms with Crippen LogP contribution >= 0.6 is 0 Å². The van der Waals surface area contributed by atoms with Crippen LogP contribution in [0.3, 0.4) is 0 Å². The average Bonchev–Trinajstić information content (AvgIpc) is 1.87. The van der Waals surface area contributed by atoms with Crippen molar-refractivity contribution in [3.8, 4) is 0 Å². The highest BCUT2D eigenvalue weighted by Crippen LogP contribution is 1.87. The van der Waals surface area contributed by atoms with Crippen molar-refractivity contribution in [2.24, 2.45) is 0 Å². The third-order valence-electron chi connectivity index (χ3n) is 1.17. The third-order valence-corrected chi connectivity index (χ3v) is 1.17. The Kier molecular flexibility index (Phi) is 5.20. The van der Waals surface area contributed by atoms with Crippen LogP contribution in [0.4, 0.5) is 0 Å². The first kappa shape index (κ1) is 9.97. The molecule has 11 heavy (non-hydrogen) atoms. The van der Waals surface area contributed by atoms with Crippen LogP contribution in [0.15, 0.2) is 12.3 Å². The Bertz CT molecular complexity index is 145. The Labute approximate surface area is 65.5 Å². The highest BCUT2D eigenvalue weighted by molar-refractivity contribution is 5.79. The molecule has 64 valence electrons. The molecule has 0 aromatic heterocycles. The lowest BCUT2D eigenvalue weighted by molar-refractivity contribution is -0.131.